The van der Waals surface area contributed by atoms with E-state index < -0.39 is 5.97 Å². The fourth-order valence-corrected chi connectivity index (χ4v) is 6.36. The molecule has 0 saturated heterocycles. The molecular formula is C48H83NO5. The summed E-state index contributed by atoms with van der Waals surface area (Å²) < 4.78 is 5.92. The molecule has 0 rings (SSSR count). The summed E-state index contributed by atoms with van der Waals surface area (Å²) in [7, 11) is 0. The number of hydrogen-bond acceptors (Lipinski definition) is 4. The van der Waals surface area contributed by atoms with Gasteiger partial charge in [0.25, 0.3) is 0 Å². The lowest BCUT2D eigenvalue weighted by molar-refractivity contribution is -0.147. The molecule has 6 nitrogen and oxygen atoms in total. The van der Waals surface area contributed by atoms with Gasteiger partial charge in [0, 0.05) is 12.8 Å². The van der Waals surface area contributed by atoms with Crippen molar-refractivity contribution in [1.82, 2.24) is 5.32 Å². The standard InChI is InChI=1S/C48H83NO5/c1-3-5-7-9-11-13-14-15-16-17-18-19-20-21-22-23-24-25-26-27-29-35-39-43-48(53)54-45(40-36-32-28-12-10-8-6-4-2)41-37-33-30-31-34-38-42-46(50)49-44-47(51)52/h6,8,12,14-15,17-18,28,36,40,45H,3-5,7,9-11,13,16,19-27,29-35,37-39,41-44H2,1-2H3,(H,49,50)(H,51,52)/b8-6-,15-14-,18-17-,28-12-,40-36-. The van der Waals surface area contributed by atoms with Crippen LogP contribution < -0.4 is 5.32 Å². The van der Waals surface area contributed by atoms with Crippen molar-refractivity contribution in [1.29, 1.82) is 0 Å². The largest absolute Gasteiger partial charge is 0.480 e. The van der Waals surface area contributed by atoms with Gasteiger partial charge in [-0.25, -0.2) is 0 Å². The van der Waals surface area contributed by atoms with Crippen LogP contribution in [0.2, 0.25) is 0 Å². The summed E-state index contributed by atoms with van der Waals surface area (Å²) >= 11 is 0. The second-order valence-electron chi connectivity index (χ2n) is 14.9. The molecule has 6 heteroatoms. The van der Waals surface area contributed by atoms with Gasteiger partial charge < -0.3 is 15.2 Å². The van der Waals surface area contributed by atoms with Crippen LogP contribution in [-0.4, -0.2) is 35.6 Å². The third kappa shape index (κ3) is 41.9. The van der Waals surface area contributed by atoms with E-state index >= 15 is 0 Å². The Balaban J connectivity index is 4.01. The van der Waals surface area contributed by atoms with Crippen LogP contribution in [0.4, 0.5) is 0 Å². The van der Waals surface area contributed by atoms with Gasteiger partial charge in [0.1, 0.15) is 12.6 Å². The average molecular weight is 754 g/mol. The molecule has 0 bridgehead atoms. The maximum atomic E-state index is 12.7. The molecule has 0 spiro atoms. The van der Waals surface area contributed by atoms with Gasteiger partial charge in [-0.2, -0.15) is 0 Å². The van der Waals surface area contributed by atoms with E-state index in [0.29, 0.717) is 12.8 Å². The lowest BCUT2D eigenvalue weighted by Crippen LogP contribution is -2.28. The van der Waals surface area contributed by atoms with Gasteiger partial charge in [0.05, 0.1) is 0 Å². The van der Waals surface area contributed by atoms with Crippen LogP contribution in [0.5, 0.6) is 0 Å². The molecule has 0 radical (unpaired) electrons. The molecule has 0 aromatic rings. The molecule has 0 aliphatic carbocycles. The van der Waals surface area contributed by atoms with Crippen LogP contribution in [0.1, 0.15) is 213 Å². The number of carbonyl (C=O) groups is 3. The quantitative estimate of drug-likeness (QED) is 0.0369. The van der Waals surface area contributed by atoms with E-state index in [-0.39, 0.29) is 24.5 Å². The summed E-state index contributed by atoms with van der Waals surface area (Å²) in [5.41, 5.74) is 0. The Morgan fingerprint density at radius 2 is 0.963 bits per heavy atom. The zero-order valence-electron chi connectivity index (χ0n) is 35.1. The van der Waals surface area contributed by atoms with Crippen LogP contribution in [0.3, 0.4) is 0 Å². The Hall–Kier alpha value is -2.89. The molecule has 1 amide bonds. The molecule has 310 valence electrons. The fraction of sp³-hybridized carbons (Fsp3) is 0.729. The first kappa shape index (κ1) is 51.1. The number of esters is 1. The number of carbonyl (C=O) groups excluding carboxylic acids is 2. The molecule has 0 heterocycles. The minimum absolute atomic E-state index is 0.0816. The molecule has 0 aromatic heterocycles. The molecule has 1 atom stereocenters. The molecule has 0 aromatic carbocycles. The van der Waals surface area contributed by atoms with Gasteiger partial charge in [-0.15, -0.1) is 0 Å². The summed E-state index contributed by atoms with van der Waals surface area (Å²) in [6.45, 7) is 4.09. The van der Waals surface area contributed by atoms with Crippen molar-refractivity contribution in [2.45, 2.75) is 219 Å². The number of amides is 1. The van der Waals surface area contributed by atoms with Crippen molar-refractivity contribution in [2.75, 3.05) is 6.54 Å². The normalized spacial score (nSPS) is 12.6. The van der Waals surface area contributed by atoms with Crippen LogP contribution in [-0.2, 0) is 19.1 Å². The van der Waals surface area contributed by atoms with Gasteiger partial charge in [0.15, 0.2) is 0 Å². The number of carboxylic acids is 1. The van der Waals surface area contributed by atoms with E-state index in [4.69, 9.17) is 9.84 Å². The van der Waals surface area contributed by atoms with E-state index in [1.165, 1.54) is 103 Å². The van der Waals surface area contributed by atoms with Gasteiger partial charge in [0.2, 0.25) is 5.91 Å². The maximum Gasteiger partial charge on any atom is 0.322 e. The van der Waals surface area contributed by atoms with Crippen molar-refractivity contribution >= 4 is 17.8 Å². The van der Waals surface area contributed by atoms with Crippen molar-refractivity contribution in [2.24, 2.45) is 0 Å². The summed E-state index contributed by atoms with van der Waals surface area (Å²) in [5.74, 6) is -1.30. The molecule has 0 fully saturated rings. The van der Waals surface area contributed by atoms with Gasteiger partial charge in [-0.1, -0.05) is 178 Å². The molecule has 2 N–H and O–H groups in total. The van der Waals surface area contributed by atoms with Gasteiger partial charge in [-0.05, 0) is 83.1 Å². The molecule has 54 heavy (non-hydrogen) atoms. The van der Waals surface area contributed by atoms with Crippen LogP contribution in [0.15, 0.2) is 60.8 Å². The summed E-state index contributed by atoms with van der Waals surface area (Å²) in [6, 6.07) is 0. The summed E-state index contributed by atoms with van der Waals surface area (Å²) in [6.07, 6.45) is 56.7. The lowest BCUT2D eigenvalue weighted by atomic mass is 10.0. The first-order chi connectivity index (χ1) is 26.5. The Morgan fingerprint density at radius 3 is 1.50 bits per heavy atom. The lowest BCUT2D eigenvalue weighted by Gasteiger charge is -2.14. The number of aliphatic carboxylic acids is 1. The summed E-state index contributed by atoms with van der Waals surface area (Å²) in [4.78, 5) is 34.9. The second kappa shape index (κ2) is 42.8. The highest BCUT2D eigenvalue weighted by Crippen LogP contribution is 2.16. The minimum atomic E-state index is -1.02. The number of hydrogen-bond donors (Lipinski definition) is 2. The van der Waals surface area contributed by atoms with Crippen LogP contribution in [0, 0.1) is 0 Å². The van der Waals surface area contributed by atoms with E-state index in [9.17, 15) is 14.4 Å². The van der Waals surface area contributed by atoms with E-state index in [0.717, 1.165) is 83.5 Å². The zero-order chi connectivity index (χ0) is 39.4. The SMILES string of the molecule is CC/C=C\C/C=C\C/C=C\C(CCCCCCCCC(=O)NCC(=O)O)OC(=O)CCCCCCCCCCCCC/C=C\C/C=C\CCCCCCC. The molecule has 0 saturated carbocycles. The zero-order valence-corrected chi connectivity index (χ0v) is 35.1. The number of carboxylic acid groups (broad SMARTS) is 1. The van der Waals surface area contributed by atoms with E-state index in [2.05, 4.69) is 79.9 Å². The number of rotatable bonds is 40. The Morgan fingerprint density at radius 1 is 0.519 bits per heavy atom. The van der Waals surface area contributed by atoms with Crippen LogP contribution in [0.25, 0.3) is 0 Å². The first-order valence-electron chi connectivity index (χ1n) is 22.4. The van der Waals surface area contributed by atoms with Crippen molar-refractivity contribution in [3.05, 3.63) is 60.8 Å². The topological polar surface area (TPSA) is 92.7 Å². The third-order valence-corrected chi connectivity index (χ3v) is 9.66. The van der Waals surface area contributed by atoms with Gasteiger partial charge >= 0.3 is 11.9 Å². The molecule has 0 aliphatic rings. The number of allylic oxidation sites excluding steroid dienone is 9. The predicted molar refractivity (Wildman–Crippen MR) is 231 cm³/mol. The second-order valence-corrected chi connectivity index (χ2v) is 14.9. The highest BCUT2D eigenvalue weighted by molar-refractivity contribution is 5.80. The highest BCUT2D eigenvalue weighted by Gasteiger charge is 2.11. The van der Waals surface area contributed by atoms with Crippen molar-refractivity contribution in [3.8, 4) is 0 Å². The molecular weight excluding hydrogens is 671 g/mol. The monoisotopic (exact) mass is 754 g/mol. The summed E-state index contributed by atoms with van der Waals surface area (Å²) in [5, 5.41) is 11.1. The minimum Gasteiger partial charge on any atom is -0.480 e. The van der Waals surface area contributed by atoms with E-state index in [1.54, 1.807) is 0 Å². The third-order valence-electron chi connectivity index (χ3n) is 9.66. The van der Waals surface area contributed by atoms with Crippen molar-refractivity contribution in [3.63, 3.8) is 0 Å². The molecule has 1 unspecified atom stereocenters. The number of ether oxygens (including phenoxy) is 1. The first-order valence-corrected chi connectivity index (χ1v) is 22.4. The average Bonchev–Trinajstić information content (AvgIpc) is 3.16. The Bertz CT molecular complexity index is 1010. The van der Waals surface area contributed by atoms with E-state index in [1.807, 2.05) is 0 Å². The Labute approximate surface area is 332 Å². The predicted octanol–water partition coefficient (Wildman–Crippen LogP) is 14.0. The van der Waals surface area contributed by atoms with Crippen molar-refractivity contribution < 1.29 is 24.2 Å². The van der Waals surface area contributed by atoms with Crippen LogP contribution >= 0.6 is 0 Å². The van der Waals surface area contributed by atoms with Gasteiger partial charge in [-0.3, -0.25) is 14.4 Å². The maximum absolute atomic E-state index is 12.7. The number of nitrogens with one attached hydrogen (secondary N) is 1. The smallest absolute Gasteiger partial charge is 0.322 e. The number of unbranched alkanes of at least 4 members (excludes halogenated alkanes) is 21. The Kier molecular flexibility index (Phi) is 40.6. The molecule has 0 aliphatic heterocycles. The fourth-order valence-electron chi connectivity index (χ4n) is 6.36. The highest BCUT2D eigenvalue weighted by atomic mass is 16.5.